The summed E-state index contributed by atoms with van der Waals surface area (Å²) in [5.41, 5.74) is 1.03. The maximum Gasteiger partial charge on any atom is 0.275 e. The van der Waals surface area contributed by atoms with Crippen molar-refractivity contribution in [3.63, 3.8) is 0 Å². The highest BCUT2D eigenvalue weighted by Crippen LogP contribution is 2.15. The summed E-state index contributed by atoms with van der Waals surface area (Å²) < 4.78 is 13.1. The third kappa shape index (κ3) is 6.82. The highest BCUT2D eigenvalue weighted by Gasteiger charge is 2.27. The summed E-state index contributed by atoms with van der Waals surface area (Å²) in [7, 11) is 0. The van der Waals surface area contributed by atoms with Crippen molar-refractivity contribution in [2.75, 3.05) is 19.6 Å². The Morgan fingerprint density at radius 1 is 1.08 bits per heavy atom. The summed E-state index contributed by atoms with van der Waals surface area (Å²) in [5, 5.41) is 5.37. The largest absolute Gasteiger partial charge is 0.355 e. The number of hydrogen-bond acceptors (Lipinski definition) is 2. The van der Waals surface area contributed by atoms with Gasteiger partial charge >= 0.3 is 0 Å². The molecule has 1 fully saturated rings. The quantitative estimate of drug-likeness (QED) is 0.649. The van der Waals surface area contributed by atoms with Crippen LogP contribution in [0.15, 0.2) is 24.3 Å². The van der Waals surface area contributed by atoms with Gasteiger partial charge in [-0.05, 0) is 44.7 Å². The zero-order valence-corrected chi connectivity index (χ0v) is 14.9. The summed E-state index contributed by atoms with van der Waals surface area (Å²) in [6.07, 6.45) is 5.86. The van der Waals surface area contributed by atoms with Crippen LogP contribution in [-0.4, -0.2) is 37.5 Å². The van der Waals surface area contributed by atoms with E-state index >= 15 is 0 Å². The highest BCUT2D eigenvalue weighted by atomic mass is 19.1. The zero-order valence-electron chi connectivity index (χ0n) is 14.9. The Morgan fingerprint density at radius 2 is 1.76 bits per heavy atom. The molecule has 0 aromatic heterocycles. The van der Waals surface area contributed by atoms with Gasteiger partial charge in [0.2, 0.25) is 5.91 Å². The number of hydrogen-bond donors (Lipinski definition) is 3. The number of rotatable bonds is 8. The van der Waals surface area contributed by atoms with Crippen LogP contribution in [0.4, 0.5) is 4.39 Å². The number of carbonyl (C=O) groups excluding carboxylic acids is 2. The first-order chi connectivity index (χ1) is 12.1. The van der Waals surface area contributed by atoms with Crippen LogP contribution in [0.1, 0.15) is 44.6 Å². The van der Waals surface area contributed by atoms with Gasteiger partial charge in [-0.2, -0.15) is 0 Å². The highest BCUT2D eigenvalue weighted by molar-refractivity contribution is 5.84. The first kappa shape index (κ1) is 19.4. The molecule has 138 valence electrons. The first-order valence-electron chi connectivity index (χ1n) is 9.21. The predicted molar refractivity (Wildman–Crippen MR) is 94.5 cm³/mol. The third-order valence-electron chi connectivity index (χ3n) is 4.73. The zero-order chi connectivity index (χ0) is 18.1. The Labute approximate surface area is 149 Å². The first-order valence-corrected chi connectivity index (χ1v) is 9.21. The summed E-state index contributed by atoms with van der Waals surface area (Å²) in [6, 6.07) is 6.93. The standard InChI is InChI=1S/C19H28FN3O2/c1-2-21-18(24)12-22-19(25)14-23(17-6-4-3-5-7-17)13-15-8-10-16(20)11-9-15/h8-11,17H,2-7,12-14H2,1H3,(H,21,24)(H,22,25)/p+1. The fraction of sp³-hybridized carbons (Fsp3) is 0.579. The average Bonchev–Trinajstić information content (AvgIpc) is 2.62. The molecule has 1 saturated carbocycles. The van der Waals surface area contributed by atoms with Crippen LogP contribution >= 0.6 is 0 Å². The van der Waals surface area contributed by atoms with Gasteiger partial charge in [-0.1, -0.05) is 18.6 Å². The Kier molecular flexibility index (Phi) is 7.85. The van der Waals surface area contributed by atoms with E-state index in [9.17, 15) is 14.0 Å². The second kappa shape index (κ2) is 10.1. The molecule has 3 N–H and O–H groups in total. The summed E-state index contributed by atoms with van der Waals surface area (Å²) >= 11 is 0. The molecule has 0 bridgehead atoms. The van der Waals surface area contributed by atoms with Crippen LogP contribution in [0.25, 0.3) is 0 Å². The minimum atomic E-state index is -0.248. The van der Waals surface area contributed by atoms with E-state index in [-0.39, 0.29) is 24.2 Å². The molecule has 0 heterocycles. The van der Waals surface area contributed by atoms with Gasteiger partial charge < -0.3 is 15.5 Å². The molecule has 25 heavy (non-hydrogen) atoms. The van der Waals surface area contributed by atoms with Crippen molar-refractivity contribution in [1.29, 1.82) is 0 Å². The smallest absolute Gasteiger partial charge is 0.275 e. The van der Waals surface area contributed by atoms with E-state index in [0.717, 1.165) is 18.4 Å². The summed E-state index contributed by atoms with van der Waals surface area (Å²) in [4.78, 5) is 25.0. The predicted octanol–water partition coefficient (Wildman–Crippen LogP) is 0.796. The second-order valence-electron chi connectivity index (χ2n) is 6.70. The fourth-order valence-electron chi connectivity index (χ4n) is 3.43. The van der Waals surface area contributed by atoms with Crippen molar-refractivity contribution in [3.8, 4) is 0 Å². The molecular formula is C19H29FN3O2+. The van der Waals surface area contributed by atoms with Crippen LogP contribution in [-0.2, 0) is 16.1 Å². The van der Waals surface area contributed by atoms with Gasteiger partial charge in [0.1, 0.15) is 12.4 Å². The summed E-state index contributed by atoms with van der Waals surface area (Å²) in [5.74, 6) is -0.537. The van der Waals surface area contributed by atoms with Crippen LogP contribution in [0.3, 0.4) is 0 Å². The molecule has 1 aliphatic carbocycles. The summed E-state index contributed by atoms with van der Waals surface area (Å²) in [6.45, 7) is 3.44. The molecule has 0 saturated heterocycles. The lowest BCUT2D eigenvalue weighted by atomic mass is 9.93. The lowest BCUT2D eigenvalue weighted by Gasteiger charge is -2.31. The van der Waals surface area contributed by atoms with Crippen LogP contribution in [0, 0.1) is 5.82 Å². The lowest BCUT2D eigenvalue weighted by molar-refractivity contribution is -0.932. The van der Waals surface area contributed by atoms with E-state index < -0.39 is 0 Å². The van der Waals surface area contributed by atoms with Crippen LogP contribution < -0.4 is 15.5 Å². The van der Waals surface area contributed by atoms with Gasteiger partial charge in [-0.15, -0.1) is 0 Å². The molecule has 1 aromatic carbocycles. The lowest BCUT2D eigenvalue weighted by Crippen LogP contribution is -3.15. The minimum Gasteiger partial charge on any atom is -0.355 e. The van der Waals surface area contributed by atoms with E-state index in [1.807, 2.05) is 6.92 Å². The normalized spacial score (nSPS) is 16.2. The monoisotopic (exact) mass is 350 g/mol. The van der Waals surface area contributed by atoms with E-state index in [2.05, 4.69) is 10.6 Å². The molecule has 5 nitrogen and oxygen atoms in total. The van der Waals surface area contributed by atoms with Crippen molar-refractivity contribution in [2.24, 2.45) is 0 Å². The topological polar surface area (TPSA) is 62.6 Å². The molecule has 1 unspecified atom stereocenters. The molecule has 1 atom stereocenters. The molecule has 1 aliphatic rings. The van der Waals surface area contributed by atoms with Gasteiger partial charge in [0.05, 0.1) is 12.6 Å². The number of benzene rings is 1. The third-order valence-corrected chi connectivity index (χ3v) is 4.73. The van der Waals surface area contributed by atoms with Gasteiger partial charge in [0.25, 0.3) is 5.91 Å². The van der Waals surface area contributed by atoms with Gasteiger partial charge in [-0.3, -0.25) is 9.59 Å². The van der Waals surface area contributed by atoms with E-state index in [4.69, 9.17) is 0 Å². The maximum atomic E-state index is 13.1. The second-order valence-corrected chi connectivity index (χ2v) is 6.70. The van der Waals surface area contributed by atoms with Crippen molar-refractivity contribution >= 4 is 11.8 Å². The van der Waals surface area contributed by atoms with Crippen molar-refractivity contribution in [2.45, 2.75) is 51.6 Å². The molecule has 2 rings (SSSR count). The van der Waals surface area contributed by atoms with E-state index in [1.165, 1.54) is 36.3 Å². The molecule has 1 aromatic rings. The van der Waals surface area contributed by atoms with E-state index in [1.54, 1.807) is 12.1 Å². The molecule has 0 radical (unpaired) electrons. The van der Waals surface area contributed by atoms with Crippen LogP contribution in [0.5, 0.6) is 0 Å². The molecule has 2 amide bonds. The SMILES string of the molecule is CCNC(=O)CNC(=O)C[NH+](Cc1ccc(F)cc1)C1CCCCC1. The Morgan fingerprint density at radius 3 is 2.40 bits per heavy atom. The van der Waals surface area contributed by atoms with Gasteiger partial charge in [0.15, 0.2) is 6.54 Å². The molecule has 6 heteroatoms. The Balaban J connectivity index is 1.94. The number of halogens is 1. The van der Waals surface area contributed by atoms with E-state index in [0.29, 0.717) is 25.7 Å². The number of carbonyl (C=O) groups is 2. The van der Waals surface area contributed by atoms with Crippen molar-refractivity contribution in [1.82, 2.24) is 10.6 Å². The fourth-order valence-corrected chi connectivity index (χ4v) is 3.43. The van der Waals surface area contributed by atoms with Gasteiger partial charge in [-0.25, -0.2) is 4.39 Å². The molecule has 0 spiro atoms. The van der Waals surface area contributed by atoms with Crippen molar-refractivity contribution in [3.05, 3.63) is 35.6 Å². The number of likely N-dealkylation sites (N-methyl/N-ethyl adjacent to an activating group) is 1. The Hall–Kier alpha value is -1.95. The van der Waals surface area contributed by atoms with Gasteiger partial charge in [0, 0.05) is 12.1 Å². The minimum absolute atomic E-state index is 0.0150. The maximum absolute atomic E-state index is 13.1. The Bertz CT molecular complexity index is 556. The van der Waals surface area contributed by atoms with Crippen LogP contribution in [0.2, 0.25) is 0 Å². The van der Waals surface area contributed by atoms with Crippen molar-refractivity contribution < 1.29 is 18.9 Å². The number of nitrogens with one attached hydrogen (secondary N) is 3. The number of quaternary nitrogens is 1. The number of amides is 2. The average molecular weight is 350 g/mol. The molecule has 0 aliphatic heterocycles. The molecular weight excluding hydrogens is 321 g/mol.